The summed E-state index contributed by atoms with van der Waals surface area (Å²) in [5.41, 5.74) is 12.9. The van der Waals surface area contributed by atoms with E-state index >= 15 is 0 Å². The molecule has 0 aromatic heterocycles. The van der Waals surface area contributed by atoms with Crippen LogP contribution in [-0.2, 0) is 0 Å². The Balaban J connectivity index is 3.05. The van der Waals surface area contributed by atoms with Crippen LogP contribution in [-0.4, -0.2) is 22.9 Å². The first-order valence-electron chi connectivity index (χ1n) is 4.49. The van der Waals surface area contributed by atoms with E-state index in [0.29, 0.717) is 11.3 Å². The van der Waals surface area contributed by atoms with Gasteiger partial charge in [-0.25, -0.2) is 0 Å². The van der Waals surface area contributed by atoms with E-state index in [0.717, 1.165) is 5.56 Å². The van der Waals surface area contributed by atoms with E-state index < -0.39 is 12.2 Å². The Morgan fingerprint density at radius 2 is 2.00 bits per heavy atom. The number of rotatable bonds is 3. The SMILES string of the molecule is Cc1cccc(N)c1C(O)C(O)CN. The number of aliphatic hydroxyl groups excluding tert-OH is 2. The predicted molar refractivity (Wildman–Crippen MR) is 55.6 cm³/mol. The lowest BCUT2D eigenvalue weighted by atomic mass is 9.98. The number of anilines is 1. The summed E-state index contributed by atoms with van der Waals surface area (Å²) in [6.07, 6.45) is -1.99. The molecule has 0 aliphatic carbocycles. The fraction of sp³-hybridized carbons (Fsp3) is 0.400. The summed E-state index contributed by atoms with van der Waals surface area (Å²) in [5.74, 6) is 0. The lowest BCUT2D eigenvalue weighted by Gasteiger charge is -2.20. The Morgan fingerprint density at radius 1 is 1.36 bits per heavy atom. The quantitative estimate of drug-likeness (QED) is 0.509. The van der Waals surface area contributed by atoms with Crippen molar-refractivity contribution in [3.05, 3.63) is 29.3 Å². The van der Waals surface area contributed by atoms with Crippen LogP contribution in [0.1, 0.15) is 17.2 Å². The number of aliphatic hydroxyl groups is 2. The predicted octanol–water partition coefficient (Wildman–Crippen LogP) is -0.0698. The van der Waals surface area contributed by atoms with Gasteiger partial charge < -0.3 is 21.7 Å². The maximum atomic E-state index is 9.74. The third kappa shape index (κ3) is 2.04. The molecule has 4 nitrogen and oxygen atoms in total. The van der Waals surface area contributed by atoms with Gasteiger partial charge in [-0.15, -0.1) is 0 Å². The van der Waals surface area contributed by atoms with Crippen molar-refractivity contribution in [2.45, 2.75) is 19.1 Å². The highest BCUT2D eigenvalue weighted by Gasteiger charge is 2.20. The van der Waals surface area contributed by atoms with Crippen LogP contribution in [0.15, 0.2) is 18.2 Å². The van der Waals surface area contributed by atoms with E-state index in [9.17, 15) is 10.2 Å². The van der Waals surface area contributed by atoms with Gasteiger partial charge in [0.25, 0.3) is 0 Å². The fourth-order valence-corrected chi connectivity index (χ4v) is 1.43. The van der Waals surface area contributed by atoms with Crippen LogP contribution in [0.3, 0.4) is 0 Å². The van der Waals surface area contributed by atoms with Crippen molar-refractivity contribution >= 4 is 5.69 Å². The average molecular weight is 196 g/mol. The zero-order valence-corrected chi connectivity index (χ0v) is 8.14. The molecule has 0 radical (unpaired) electrons. The zero-order valence-electron chi connectivity index (χ0n) is 8.14. The van der Waals surface area contributed by atoms with Crippen LogP contribution in [0.5, 0.6) is 0 Å². The molecule has 0 heterocycles. The summed E-state index contributed by atoms with van der Waals surface area (Å²) in [6, 6.07) is 5.32. The second-order valence-corrected chi connectivity index (χ2v) is 3.33. The molecule has 4 heteroatoms. The molecule has 0 saturated carbocycles. The normalized spacial score (nSPS) is 15.1. The van der Waals surface area contributed by atoms with E-state index in [2.05, 4.69) is 0 Å². The Kier molecular flexibility index (Phi) is 3.46. The molecule has 0 spiro atoms. The van der Waals surface area contributed by atoms with Crippen LogP contribution in [0.2, 0.25) is 0 Å². The standard InChI is InChI=1S/C10H16N2O2/c1-6-3-2-4-7(12)9(6)10(14)8(13)5-11/h2-4,8,10,13-14H,5,11-12H2,1H3. The van der Waals surface area contributed by atoms with Gasteiger partial charge >= 0.3 is 0 Å². The molecule has 1 aromatic carbocycles. The highest BCUT2D eigenvalue weighted by molar-refractivity contribution is 5.52. The molecule has 2 unspecified atom stereocenters. The number of aryl methyl sites for hydroxylation is 1. The van der Waals surface area contributed by atoms with Gasteiger partial charge in [-0.2, -0.15) is 0 Å². The Morgan fingerprint density at radius 3 is 2.50 bits per heavy atom. The molecular formula is C10H16N2O2. The minimum Gasteiger partial charge on any atom is -0.398 e. The van der Waals surface area contributed by atoms with E-state index in [1.807, 2.05) is 13.0 Å². The van der Waals surface area contributed by atoms with Crippen LogP contribution < -0.4 is 11.5 Å². The second kappa shape index (κ2) is 4.41. The summed E-state index contributed by atoms with van der Waals surface area (Å²) >= 11 is 0. The first kappa shape index (κ1) is 11.0. The monoisotopic (exact) mass is 196 g/mol. The average Bonchev–Trinajstić information content (AvgIpc) is 2.16. The van der Waals surface area contributed by atoms with Gasteiger partial charge in [-0.1, -0.05) is 12.1 Å². The van der Waals surface area contributed by atoms with Crippen LogP contribution in [0, 0.1) is 6.92 Å². The highest BCUT2D eigenvalue weighted by atomic mass is 16.3. The first-order chi connectivity index (χ1) is 6.57. The summed E-state index contributed by atoms with van der Waals surface area (Å²) in [6.45, 7) is 1.84. The Bertz CT molecular complexity index is 295. The summed E-state index contributed by atoms with van der Waals surface area (Å²) in [7, 11) is 0. The molecule has 14 heavy (non-hydrogen) atoms. The van der Waals surface area contributed by atoms with Gasteiger partial charge in [0.05, 0.1) is 6.10 Å². The van der Waals surface area contributed by atoms with E-state index in [-0.39, 0.29) is 6.54 Å². The summed E-state index contributed by atoms with van der Waals surface area (Å²) in [4.78, 5) is 0. The van der Waals surface area contributed by atoms with E-state index in [1.54, 1.807) is 12.1 Å². The highest BCUT2D eigenvalue weighted by Crippen LogP contribution is 2.26. The summed E-state index contributed by atoms with van der Waals surface area (Å²) in [5, 5.41) is 19.1. The van der Waals surface area contributed by atoms with Crippen LogP contribution in [0.25, 0.3) is 0 Å². The van der Waals surface area contributed by atoms with E-state index in [4.69, 9.17) is 11.5 Å². The van der Waals surface area contributed by atoms with Crippen LogP contribution in [0.4, 0.5) is 5.69 Å². The van der Waals surface area contributed by atoms with Crippen LogP contribution >= 0.6 is 0 Å². The van der Waals surface area contributed by atoms with Gasteiger partial charge in [0.1, 0.15) is 6.10 Å². The Labute approximate surface area is 83.2 Å². The van der Waals surface area contributed by atoms with Crippen molar-refractivity contribution in [3.63, 3.8) is 0 Å². The van der Waals surface area contributed by atoms with Gasteiger partial charge in [0, 0.05) is 17.8 Å². The van der Waals surface area contributed by atoms with Gasteiger partial charge in [0.2, 0.25) is 0 Å². The maximum Gasteiger partial charge on any atom is 0.108 e. The van der Waals surface area contributed by atoms with Crippen molar-refractivity contribution in [2.75, 3.05) is 12.3 Å². The van der Waals surface area contributed by atoms with Crippen molar-refractivity contribution in [1.29, 1.82) is 0 Å². The third-order valence-corrected chi connectivity index (χ3v) is 2.26. The third-order valence-electron chi connectivity index (χ3n) is 2.26. The summed E-state index contributed by atoms with van der Waals surface area (Å²) < 4.78 is 0. The van der Waals surface area contributed by atoms with Gasteiger partial charge in [-0.3, -0.25) is 0 Å². The van der Waals surface area contributed by atoms with Gasteiger partial charge in [0.15, 0.2) is 0 Å². The fourth-order valence-electron chi connectivity index (χ4n) is 1.43. The topological polar surface area (TPSA) is 92.5 Å². The molecular weight excluding hydrogens is 180 g/mol. The molecule has 0 bridgehead atoms. The van der Waals surface area contributed by atoms with Gasteiger partial charge in [-0.05, 0) is 18.6 Å². The van der Waals surface area contributed by atoms with Crippen molar-refractivity contribution in [1.82, 2.24) is 0 Å². The minimum atomic E-state index is -1.01. The molecule has 78 valence electrons. The number of nitrogen functional groups attached to an aromatic ring is 1. The van der Waals surface area contributed by atoms with E-state index in [1.165, 1.54) is 0 Å². The maximum absolute atomic E-state index is 9.74. The van der Waals surface area contributed by atoms with Crippen molar-refractivity contribution < 1.29 is 10.2 Å². The zero-order chi connectivity index (χ0) is 10.7. The van der Waals surface area contributed by atoms with Crippen molar-refractivity contribution in [2.24, 2.45) is 5.73 Å². The molecule has 0 saturated heterocycles. The molecule has 1 aromatic rings. The lowest BCUT2D eigenvalue weighted by molar-refractivity contribution is 0.0244. The molecule has 6 N–H and O–H groups in total. The number of benzene rings is 1. The molecule has 2 atom stereocenters. The lowest BCUT2D eigenvalue weighted by Crippen LogP contribution is -2.28. The molecule has 0 aliphatic heterocycles. The number of nitrogens with two attached hydrogens (primary N) is 2. The smallest absolute Gasteiger partial charge is 0.108 e. The molecule has 0 amide bonds. The molecule has 0 fully saturated rings. The number of hydrogen-bond acceptors (Lipinski definition) is 4. The first-order valence-corrected chi connectivity index (χ1v) is 4.49. The largest absolute Gasteiger partial charge is 0.398 e. The van der Waals surface area contributed by atoms with Crippen molar-refractivity contribution in [3.8, 4) is 0 Å². The number of hydrogen-bond donors (Lipinski definition) is 4. The Hall–Kier alpha value is -1.10. The minimum absolute atomic E-state index is 0.00887. The molecule has 1 rings (SSSR count). The molecule has 0 aliphatic rings. The second-order valence-electron chi connectivity index (χ2n) is 3.33.